The van der Waals surface area contributed by atoms with Gasteiger partial charge in [-0.25, -0.2) is 0 Å². The third-order valence-electron chi connectivity index (χ3n) is 8.20. The molecule has 4 heterocycles. The lowest BCUT2D eigenvalue weighted by Crippen LogP contribution is -2.03. The second-order valence-electron chi connectivity index (χ2n) is 10.4. The fourth-order valence-electron chi connectivity index (χ4n) is 6.44. The molecule has 0 aliphatic rings. The lowest BCUT2D eigenvalue weighted by molar-refractivity contribution is 0.659. The van der Waals surface area contributed by atoms with E-state index < -0.39 is 0 Å². The Balaban J connectivity index is 1.49. The summed E-state index contributed by atoms with van der Waals surface area (Å²) >= 11 is 0. The molecule has 5 heteroatoms. The topological polar surface area (TPSA) is 53.0 Å². The van der Waals surface area contributed by atoms with Gasteiger partial charge in [0.25, 0.3) is 0 Å². The van der Waals surface area contributed by atoms with Gasteiger partial charge in [-0.15, -0.1) is 0 Å². The largest absolute Gasteiger partial charge is 0.456 e. The van der Waals surface area contributed by atoms with Crippen molar-refractivity contribution in [2.75, 3.05) is 0 Å². The van der Waals surface area contributed by atoms with Gasteiger partial charge in [0.05, 0.1) is 38.5 Å². The highest BCUT2D eigenvalue weighted by Crippen LogP contribution is 2.41. The maximum absolute atomic E-state index is 13.3. The van der Waals surface area contributed by atoms with Crippen molar-refractivity contribution >= 4 is 65.6 Å². The molecule has 9 rings (SSSR count). The molecule has 0 N–H and O–H groups in total. The fraction of sp³-hybridized carbons (Fsp3) is 0. The van der Waals surface area contributed by atoms with Crippen LogP contribution in [0, 0.1) is 0 Å². The number of hydrogen-bond acceptors (Lipinski definition) is 3. The average Bonchev–Trinajstić information content (AvgIpc) is 3.54. The molecule has 0 amide bonds. The zero-order valence-electron chi connectivity index (χ0n) is 21.8. The van der Waals surface area contributed by atoms with Crippen LogP contribution in [0.3, 0.4) is 0 Å². The first-order chi connectivity index (χ1) is 20.3. The summed E-state index contributed by atoms with van der Waals surface area (Å²) in [5.41, 5.74) is 7.51. The van der Waals surface area contributed by atoms with Crippen molar-refractivity contribution in [3.8, 4) is 11.4 Å². The third kappa shape index (κ3) is 3.00. The molecule has 5 aromatic carbocycles. The fourth-order valence-corrected chi connectivity index (χ4v) is 6.44. The van der Waals surface area contributed by atoms with Crippen molar-refractivity contribution in [1.29, 1.82) is 0 Å². The zero-order chi connectivity index (χ0) is 27.1. The van der Waals surface area contributed by atoms with Gasteiger partial charge in [-0.2, -0.15) is 0 Å². The normalized spacial score (nSPS) is 12.0. The van der Waals surface area contributed by atoms with E-state index in [-0.39, 0.29) is 5.43 Å². The van der Waals surface area contributed by atoms with E-state index in [1.165, 1.54) is 10.8 Å². The second-order valence-corrected chi connectivity index (χ2v) is 10.4. The maximum atomic E-state index is 13.3. The Morgan fingerprint density at radius 1 is 0.512 bits per heavy atom. The number of pyridine rings is 1. The van der Waals surface area contributed by atoms with Crippen LogP contribution in [-0.2, 0) is 0 Å². The van der Waals surface area contributed by atoms with E-state index in [1.54, 1.807) is 0 Å². The molecule has 0 spiro atoms. The number of fused-ring (bicyclic) bond motifs is 9. The molecule has 0 atom stereocenters. The first kappa shape index (κ1) is 22.2. The number of benzene rings is 5. The van der Waals surface area contributed by atoms with Crippen LogP contribution in [0.25, 0.3) is 76.9 Å². The van der Waals surface area contributed by atoms with Crippen LogP contribution in [0.1, 0.15) is 0 Å². The Labute approximate surface area is 233 Å². The summed E-state index contributed by atoms with van der Waals surface area (Å²) in [6.07, 6.45) is 3.76. The molecular formula is C36H21N3O2. The van der Waals surface area contributed by atoms with Gasteiger partial charge in [-0.05, 0) is 48.5 Å². The minimum atomic E-state index is -0.0218. The minimum absolute atomic E-state index is 0.0218. The number of para-hydroxylation sites is 3. The quantitative estimate of drug-likeness (QED) is 0.212. The lowest BCUT2D eigenvalue weighted by atomic mass is 10.1. The summed E-state index contributed by atoms with van der Waals surface area (Å²) in [6.45, 7) is 0. The molecule has 0 fully saturated rings. The summed E-state index contributed by atoms with van der Waals surface area (Å²) in [6, 6.07) is 38.8. The second kappa shape index (κ2) is 8.16. The van der Waals surface area contributed by atoms with E-state index in [4.69, 9.17) is 4.42 Å². The molecule has 192 valence electrons. The van der Waals surface area contributed by atoms with Gasteiger partial charge in [-0.3, -0.25) is 9.78 Å². The highest BCUT2D eigenvalue weighted by molar-refractivity contribution is 6.23. The predicted molar refractivity (Wildman–Crippen MR) is 166 cm³/mol. The molecule has 4 aromatic heterocycles. The SMILES string of the molecule is O=c1c2ccccc2oc2cc(-n3c4ccncc4c4ccc5c6ccccc6n(-c6ccccc6)c5c43)ccc12. The van der Waals surface area contributed by atoms with Crippen molar-refractivity contribution in [2.24, 2.45) is 0 Å². The van der Waals surface area contributed by atoms with E-state index >= 15 is 0 Å². The molecule has 0 radical (unpaired) electrons. The summed E-state index contributed by atoms with van der Waals surface area (Å²) in [5.74, 6) is 0. The highest BCUT2D eigenvalue weighted by atomic mass is 16.3. The smallest absolute Gasteiger partial charge is 0.200 e. The van der Waals surface area contributed by atoms with E-state index in [1.807, 2.05) is 60.9 Å². The van der Waals surface area contributed by atoms with E-state index in [2.05, 4.69) is 80.8 Å². The van der Waals surface area contributed by atoms with Gasteiger partial charge >= 0.3 is 0 Å². The molecule has 0 unspecified atom stereocenters. The molecule has 0 saturated heterocycles. The first-order valence-electron chi connectivity index (χ1n) is 13.6. The predicted octanol–water partition coefficient (Wildman–Crippen LogP) is 8.54. The minimum Gasteiger partial charge on any atom is -0.456 e. The van der Waals surface area contributed by atoms with Crippen molar-refractivity contribution in [3.05, 3.63) is 138 Å². The molecule has 41 heavy (non-hydrogen) atoms. The van der Waals surface area contributed by atoms with Crippen LogP contribution >= 0.6 is 0 Å². The standard InChI is InChI=1S/C36H21N3O2/c40-36-27-11-5-7-13-32(27)41-33-20-23(14-15-28(33)36)39-31-18-19-37-21-29(31)26-17-16-25-24-10-4-6-12-30(24)38(34(25)35(26)39)22-8-2-1-3-9-22/h1-21H. The maximum Gasteiger partial charge on any atom is 0.200 e. The van der Waals surface area contributed by atoms with Crippen LogP contribution in [0.5, 0.6) is 0 Å². The Bertz CT molecular complexity index is 2550. The molecule has 0 aliphatic carbocycles. The number of nitrogens with zero attached hydrogens (tertiary/aromatic N) is 3. The Morgan fingerprint density at radius 2 is 1.15 bits per heavy atom. The summed E-state index contributed by atoms with van der Waals surface area (Å²) in [4.78, 5) is 17.8. The van der Waals surface area contributed by atoms with Gasteiger partial charge in [-0.1, -0.05) is 60.7 Å². The third-order valence-corrected chi connectivity index (χ3v) is 8.20. The van der Waals surface area contributed by atoms with Crippen molar-refractivity contribution < 1.29 is 4.42 Å². The van der Waals surface area contributed by atoms with Gasteiger partial charge < -0.3 is 13.6 Å². The van der Waals surface area contributed by atoms with Crippen molar-refractivity contribution in [1.82, 2.24) is 14.1 Å². The number of aromatic nitrogens is 3. The van der Waals surface area contributed by atoms with E-state index in [9.17, 15) is 4.79 Å². The molecule has 0 aliphatic heterocycles. The van der Waals surface area contributed by atoms with E-state index in [0.29, 0.717) is 21.9 Å². The van der Waals surface area contributed by atoms with Crippen molar-refractivity contribution in [3.63, 3.8) is 0 Å². The molecule has 9 aromatic rings. The molecule has 0 bridgehead atoms. The zero-order valence-corrected chi connectivity index (χ0v) is 21.8. The van der Waals surface area contributed by atoms with Gasteiger partial charge in [0.1, 0.15) is 11.2 Å². The summed E-state index contributed by atoms with van der Waals surface area (Å²) in [7, 11) is 0. The summed E-state index contributed by atoms with van der Waals surface area (Å²) in [5, 5.41) is 5.70. The molecule has 0 saturated carbocycles. The van der Waals surface area contributed by atoms with Gasteiger partial charge in [0, 0.05) is 45.7 Å². The van der Waals surface area contributed by atoms with Crippen LogP contribution in [0.4, 0.5) is 0 Å². The monoisotopic (exact) mass is 527 g/mol. The van der Waals surface area contributed by atoms with Gasteiger partial charge in [0.2, 0.25) is 5.43 Å². The number of rotatable bonds is 2. The van der Waals surface area contributed by atoms with Crippen LogP contribution in [-0.4, -0.2) is 14.1 Å². The Morgan fingerprint density at radius 3 is 2.00 bits per heavy atom. The van der Waals surface area contributed by atoms with E-state index in [0.717, 1.165) is 44.2 Å². The highest BCUT2D eigenvalue weighted by Gasteiger charge is 2.21. The Kier molecular flexibility index (Phi) is 4.41. The summed E-state index contributed by atoms with van der Waals surface area (Å²) < 4.78 is 10.9. The lowest BCUT2D eigenvalue weighted by Gasteiger charge is -2.13. The number of hydrogen-bond donors (Lipinski definition) is 0. The van der Waals surface area contributed by atoms with Crippen LogP contribution in [0.2, 0.25) is 0 Å². The van der Waals surface area contributed by atoms with Crippen molar-refractivity contribution in [2.45, 2.75) is 0 Å². The average molecular weight is 528 g/mol. The molecule has 5 nitrogen and oxygen atoms in total. The first-order valence-corrected chi connectivity index (χ1v) is 13.6. The van der Waals surface area contributed by atoms with Crippen LogP contribution in [0.15, 0.2) is 137 Å². The van der Waals surface area contributed by atoms with Gasteiger partial charge in [0.15, 0.2) is 0 Å². The molecular weight excluding hydrogens is 506 g/mol. The van der Waals surface area contributed by atoms with Crippen LogP contribution < -0.4 is 5.43 Å². The Hall–Kier alpha value is -5.68.